The largest absolute Gasteiger partial charge is 0.348 e. The fraction of sp³-hybridized carbons (Fsp3) is 0.520. The van der Waals surface area contributed by atoms with Crippen LogP contribution in [0.4, 0.5) is 4.79 Å². The fourth-order valence-corrected chi connectivity index (χ4v) is 4.21. The van der Waals surface area contributed by atoms with E-state index in [1.165, 1.54) is 5.56 Å². The maximum atomic E-state index is 13.4. The highest BCUT2D eigenvalue weighted by Crippen LogP contribution is 2.34. The average molecular weight is 425 g/mol. The minimum absolute atomic E-state index is 0.0166. The van der Waals surface area contributed by atoms with Crippen LogP contribution in [-0.4, -0.2) is 52.5 Å². The highest BCUT2D eigenvalue weighted by molar-refractivity contribution is 5.84. The zero-order chi connectivity index (χ0) is 22.6. The van der Waals surface area contributed by atoms with Crippen molar-refractivity contribution in [1.29, 1.82) is 0 Å². The molecule has 2 aromatic rings. The molecule has 0 radical (unpaired) electrons. The number of benzene rings is 1. The van der Waals surface area contributed by atoms with Crippen LogP contribution in [0.25, 0.3) is 0 Å². The van der Waals surface area contributed by atoms with E-state index in [0.29, 0.717) is 19.6 Å². The van der Waals surface area contributed by atoms with E-state index in [1.807, 2.05) is 24.8 Å². The monoisotopic (exact) mass is 424 g/mol. The summed E-state index contributed by atoms with van der Waals surface area (Å²) in [7, 11) is 0. The second-order valence-corrected chi connectivity index (χ2v) is 9.25. The summed E-state index contributed by atoms with van der Waals surface area (Å²) in [5, 5.41) is 2.83. The Kier molecular flexibility index (Phi) is 7.08. The lowest BCUT2D eigenvalue weighted by Gasteiger charge is -2.38. The van der Waals surface area contributed by atoms with Crippen molar-refractivity contribution in [3.8, 4) is 0 Å². The van der Waals surface area contributed by atoms with Crippen molar-refractivity contribution in [2.45, 2.75) is 59.0 Å². The summed E-state index contributed by atoms with van der Waals surface area (Å²) in [6.07, 6.45) is 2.89. The number of rotatable bonds is 6. The van der Waals surface area contributed by atoms with Gasteiger partial charge in [-0.2, -0.15) is 0 Å². The average Bonchev–Trinajstić information content (AvgIpc) is 3.21. The molecule has 6 nitrogen and oxygen atoms in total. The molecule has 2 heterocycles. The third-order valence-electron chi connectivity index (χ3n) is 5.89. The Balaban J connectivity index is 1.89. The topological polar surface area (TPSA) is 57.6 Å². The Morgan fingerprint density at radius 2 is 1.81 bits per heavy atom. The van der Waals surface area contributed by atoms with Gasteiger partial charge in [0.15, 0.2) is 0 Å². The van der Waals surface area contributed by atoms with Crippen molar-refractivity contribution < 1.29 is 9.59 Å². The molecule has 1 aromatic heterocycles. The van der Waals surface area contributed by atoms with Gasteiger partial charge in [-0.1, -0.05) is 52.0 Å². The smallest absolute Gasteiger partial charge is 0.317 e. The summed E-state index contributed by atoms with van der Waals surface area (Å²) in [5.41, 5.74) is 3.56. The molecule has 0 aliphatic carbocycles. The molecule has 3 amide bonds. The number of urea groups is 1. The molecule has 0 unspecified atom stereocenters. The van der Waals surface area contributed by atoms with E-state index in [-0.39, 0.29) is 29.9 Å². The lowest BCUT2D eigenvalue weighted by Crippen LogP contribution is -2.50. The zero-order valence-electron chi connectivity index (χ0n) is 19.5. The Bertz CT molecular complexity index is 895. The molecule has 1 atom stereocenters. The molecule has 0 bridgehead atoms. The van der Waals surface area contributed by atoms with Crippen LogP contribution in [0, 0.1) is 0 Å². The highest BCUT2D eigenvalue weighted by atomic mass is 16.2. The second kappa shape index (κ2) is 9.58. The third-order valence-corrected chi connectivity index (χ3v) is 5.89. The van der Waals surface area contributed by atoms with Gasteiger partial charge in [0.25, 0.3) is 0 Å². The van der Waals surface area contributed by atoms with Gasteiger partial charge in [0.2, 0.25) is 5.91 Å². The molecule has 1 aliphatic heterocycles. The van der Waals surface area contributed by atoms with Gasteiger partial charge in [-0.25, -0.2) is 4.79 Å². The minimum Gasteiger partial charge on any atom is -0.348 e. The molecule has 0 saturated carbocycles. The van der Waals surface area contributed by atoms with Gasteiger partial charge in [0.1, 0.15) is 6.54 Å². The number of carbonyl (C=O) groups excluding carboxylic acids is 2. The predicted octanol–water partition coefficient (Wildman–Crippen LogP) is 4.16. The molecular weight excluding hydrogens is 388 g/mol. The van der Waals surface area contributed by atoms with Gasteiger partial charge in [0, 0.05) is 38.1 Å². The molecule has 1 aromatic carbocycles. The first-order valence-electron chi connectivity index (χ1n) is 11.3. The first-order valence-corrected chi connectivity index (χ1v) is 11.3. The summed E-state index contributed by atoms with van der Waals surface area (Å²) in [4.78, 5) is 29.4. The Hall–Kier alpha value is -2.76. The van der Waals surface area contributed by atoms with Gasteiger partial charge in [0.05, 0.1) is 6.04 Å². The molecule has 0 saturated heterocycles. The number of fused-ring (bicyclic) bond motifs is 1. The van der Waals surface area contributed by atoms with E-state index in [9.17, 15) is 9.59 Å². The van der Waals surface area contributed by atoms with Crippen molar-refractivity contribution >= 4 is 11.9 Å². The standard InChI is InChI=1S/C25H36N4O2/c1-6-14-28(24(31)26-7-2)18-22(30)29-17-16-27-15-8-9-21(27)23(29)19-10-12-20(13-11-19)25(3,4)5/h8-13,15,23H,6-7,14,16-18H2,1-5H3,(H,26,31)/t23-/m0/s1. The van der Waals surface area contributed by atoms with Crippen molar-refractivity contribution in [1.82, 2.24) is 19.7 Å². The second-order valence-electron chi connectivity index (χ2n) is 9.25. The maximum Gasteiger partial charge on any atom is 0.317 e. The lowest BCUT2D eigenvalue weighted by molar-refractivity contribution is -0.134. The molecule has 3 rings (SSSR count). The summed E-state index contributed by atoms with van der Waals surface area (Å²) < 4.78 is 2.22. The summed E-state index contributed by atoms with van der Waals surface area (Å²) in [5.74, 6) is -0.0166. The summed E-state index contributed by atoms with van der Waals surface area (Å²) >= 11 is 0. The fourth-order valence-electron chi connectivity index (χ4n) is 4.21. The van der Waals surface area contributed by atoms with Crippen molar-refractivity contribution in [3.63, 3.8) is 0 Å². The number of carbonyl (C=O) groups is 2. The summed E-state index contributed by atoms with van der Waals surface area (Å²) in [6.45, 7) is 13.1. The molecule has 1 N–H and O–H groups in total. The number of nitrogens with zero attached hydrogens (tertiary/aromatic N) is 3. The number of hydrogen-bond acceptors (Lipinski definition) is 2. The molecular formula is C25H36N4O2. The van der Waals surface area contributed by atoms with Gasteiger partial charge in [-0.3, -0.25) is 4.79 Å². The zero-order valence-corrected chi connectivity index (χ0v) is 19.5. The molecule has 0 spiro atoms. The van der Waals surface area contributed by atoms with Gasteiger partial charge in [-0.15, -0.1) is 0 Å². The van der Waals surface area contributed by atoms with Crippen LogP contribution < -0.4 is 5.32 Å². The van der Waals surface area contributed by atoms with Gasteiger partial charge in [-0.05, 0) is 42.0 Å². The summed E-state index contributed by atoms with van der Waals surface area (Å²) in [6, 6.07) is 12.4. The van der Waals surface area contributed by atoms with Crippen molar-refractivity contribution in [2.75, 3.05) is 26.2 Å². The van der Waals surface area contributed by atoms with Crippen LogP contribution in [0.3, 0.4) is 0 Å². The van der Waals surface area contributed by atoms with E-state index in [4.69, 9.17) is 0 Å². The number of aromatic nitrogens is 1. The Morgan fingerprint density at radius 1 is 1.10 bits per heavy atom. The maximum absolute atomic E-state index is 13.4. The van der Waals surface area contributed by atoms with Crippen LogP contribution in [0.1, 0.15) is 63.9 Å². The molecule has 31 heavy (non-hydrogen) atoms. The van der Waals surface area contributed by atoms with Gasteiger partial charge < -0.3 is 19.7 Å². The van der Waals surface area contributed by atoms with Crippen LogP contribution in [0.5, 0.6) is 0 Å². The van der Waals surface area contributed by atoms with E-state index in [1.54, 1.807) is 4.90 Å². The van der Waals surface area contributed by atoms with Crippen LogP contribution in [0.2, 0.25) is 0 Å². The molecule has 0 fully saturated rings. The third kappa shape index (κ3) is 5.12. The Morgan fingerprint density at radius 3 is 2.42 bits per heavy atom. The number of nitrogens with one attached hydrogen (secondary N) is 1. The lowest BCUT2D eigenvalue weighted by atomic mass is 9.86. The number of amides is 3. The van der Waals surface area contributed by atoms with E-state index >= 15 is 0 Å². The molecule has 1 aliphatic rings. The van der Waals surface area contributed by atoms with Crippen LogP contribution in [-0.2, 0) is 16.8 Å². The quantitative estimate of drug-likeness (QED) is 0.757. The Labute approximate surface area is 186 Å². The SMILES string of the molecule is CCCN(CC(=O)N1CCn2cccc2[C@@H]1c1ccc(C(C)(C)C)cc1)C(=O)NCC. The molecule has 168 valence electrons. The van der Waals surface area contributed by atoms with Crippen molar-refractivity contribution in [2.24, 2.45) is 0 Å². The van der Waals surface area contributed by atoms with Crippen molar-refractivity contribution in [3.05, 3.63) is 59.4 Å². The van der Waals surface area contributed by atoms with E-state index in [0.717, 1.165) is 24.2 Å². The minimum atomic E-state index is -0.177. The highest BCUT2D eigenvalue weighted by Gasteiger charge is 2.33. The van der Waals surface area contributed by atoms with E-state index in [2.05, 4.69) is 67.2 Å². The van der Waals surface area contributed by atoms with Crippen LogP contribution in [0.15, 0.2) is 42.6 Å². The molecule has 6 heteroatoms. The van der Waals surface area contributed by atoms with Gasteiger partial charge >= 0.3 is 6.03 Å². The first-order chi connectivity index (χ1) is 14.8. The first kappa shape index (κ1) is 22.9. The van der Waals surface area contributed by atoms with E-state index < -0.39 is 0 Å². The van der Waals surface area contributed by atoms with Crippen LogP contribution >= 0.6 is 0 Å². The number of hydrogen-bond donors (Lipinski definition) is 1. The predicted molar refractivity (Wildman–Crippen MR) is 124 cm³/mol. The normalized spacial score (nSPS) is 16.0.